The lowest BCUT2D eigenvalue weighted by atomic mass is 9.89. The Kier molecular flexibility index (Phi) is 3.32. The van der Waals surface area contributed by atoms with Crippen molar-refractivity contribution >= 4 is 11.6 Å². The fraction of sp³-hybridized carbons (Fsp3) is 0.273. The second kappa shape index (κ2) is 4.13. The number of halogens is 1. The van der Waals surface area contributed by atoms with Crippen LogP contribution < -0.4 is 0 Å². The molecule has 0 saturated carbocycles. The summed E-state index contributed by atoms with van der Waals surface area (Å²) in [6.45, 7) is 5.01. The number of benzene rings is 1. The molecule has 0 aliphatic rings. The minimum Gasteiger partial charge on any atom is -0.390 e. The topological polar surface area (TPSA) is 40.5 Å². The van der Waals surface area contributed by atoms with E-state index in [0.29, 0.717) is 10.6 Å². The van der Waals surface area contributed by atoms with Gasteiger partial charge in [0.1, 0.15) is 5.60 Å². The van der Waals surface area contributed by atoms with Gasteiger partial charge in [-0.1, -0.05) is 36.4 Å². The fourth-order valence-electron chi connectivity index (χ4n) is 1.27. The number of hydrogen-bond donors (Lipinski definition) is 2. The summed E-state index contributed by atoms with van der Waals surface area (Å²) in [5.41, 5.74) is -0.903. The first-order chi connectivity index (χ1) is 6.50. The lowest BCUT2D eigenvalue weighted by Gasteiger charge is -2.28. The van der Waals surface area contributed by atoms with Crippen molar-refractivity contribution in [3.8, 4) is 0 Å². The minimum absolute atomic E-state index is 0.517. The molecule has 1 rings (SSSR count). The molecular formula is C11H13ClO2. The van der Waals surface area contributed by atoms with Crippen LogP contribution in [0, 0.1) is 0 Å². The van der Waals surface area contributed by atoms with E-state index in [1.165, 1.54) is 13.0 Å². The fourth-order valence-corrected chi connectivity index (χ4v) is 1.46. The van der Waals surface area contributed by atoms with Crippen molar-refractivity contribution in [3.05, 3.63) is 47.5 Å². The Morgan fingerprint density at radius 1 is 1.57 bits per heavy atom. The first-order valence-electron chi connectivity index (χ1n) is 4.31. The number of rotatable bonds is 3. The van der Waals surface area contributed by atoms with Gasteiger partial charge in [-0.15, -0.1) is 0 Å². The van der Waals surface area contributed by atoms with Crippen molar-refractivity contribution in [1.82, 2.24) is 0 Å². The summed E-state index contributed by atoms with van der Waals surface area (Å²) < 4.78 is 0. The van der Waals surface area contributed by atoms with Crippen molar-refractivity contribution < 1.29 is 10.2 Å². The SMILES string of the molecule is C=C[C@](O)(c1cccc(Cl)c1)[C@@H](C)O. The maximum atomic E-state index is 10.1. The molecule has 2 N–H and O–H groups in total. The summed E-state index contributed by atoms with van der Waals surface area (Å²) in [6.07, 6.45) is 0.377. The first kappa shape index (κ1) is 11.2. The van der Waals surface area contributed by atoms with E-state index in [-0.39, 0.29) is 0 Å². The zero-order chi connectivity index (χ0) is 10.8. The summed E-state index contributed by atoms with van der Waals surface area (Å²) >= 11 is 5.79. The molecule has 0 radical (unpaired) electrons. The Hall–Kier alpha value is -0.830. The van der Waals surface area contributed by atoms with Crippen LogP contribution in [0.1, 0.15) is 12.5 Å². The van der Waals surface area contributed by atoms with Gasteiger partial charge in [-0.05, 0) is 24.6 Å². The average molecular weight is 213 g/mol. The highest BCUT2D eigenvalue weighted by molar-refractivity contribution is 6.30. The molecule has 0 saturated heterocycles. The predicted octanol–water partition coefficient (Wildman–Crippen LogP) is 2.09. The van der Waals surface area contributed by atoms with Gasteiger partial charge < -0.3 is 10.2 Å². The van der Waals surface area contributed by atoms with E-state index in [2.05, 4.69) is 6.58 Å². The van der Waals surface area contributed by atoms with Crippen LogP contribution in [0.2, 0.25) is 5.02 Å². The average Bonchev–Trinajstić information content (AvgIpc) is 2.16. The molecule has 0 heterocycles. The van der Waals surface area contributed by atoms with Gasteiger partial charge in [0.2, 0.25) is 0 Å². The molecule has 0 fully saturated rings. The van der Waals surface area contributed by atoms with E-state index in [1.54, 1.807) is 24.3 Å². The Labute approximate surface area is 88.5 Å². The molecule has 0 aromatic heterocycles. The van der Waals surface area contributed by atoms with Crippen LogP contribution in [0.4, 0.5) is 0 Å². The molecule has 0 unspecified atom stereocenters. The van der Waals surface area contributed by atoms with Gasteiger partial charge in [-0.2, -0.15) is 0 Å². The number of hydrogen-bond acceptors (Lipinski definition) is 2. The molecule has 14 heavy (non-hydrogen) atoms. The summed E-state index contributed by atoms with van der Waals surface area (Å²) in [5.74, 6) is 0. The van der Waals surface area contributed by atoms with Gasteiger partial charge in [-0.3, -0.25) is 0 Å². The monoisotopic (exact) mass is 212 g/mol. The quantitative estimate of drug-likeness (QED) is 0.754. The van der Waals surface area contributed by atoms with Gasteiger partial charge >= 0.3 is 0 Å². The Balaban J connectivity index is 3.19. The molecule has 2 nitrogen and oxygen atoms in total. The summed E-state index contributed by atoms with van der Waals surface area (Å²) in [6, 6.07) is 6.72. The van der Waals surface area contributed by atoms with Crippen molar-refractivity contribution in [2.24, 2.45) is 0 Å². The molecule has 0 amide bonds. The van der Waals surface area contributed by atoms with Crippen molar-refractivity contribution in [3.63, 3.8) is 0 Å². The van der Waals surface area contributed by atoms with Gasteiger partial charge in [0, 0.05) is 5.02 Å². The second-order valence-corrected chi connectivity index (χ2v) is 3.65. The normalized spacial score (nSPS) is 17.1. The van der Waals surface area contributed by atoms with Crippen LogP contribution in [0.5, 0.6) is 0 Å². The molecule has 1 aromatic carbocycles. The minimum atomic E-state index is -1.44. The van der Waals surface area contributed by atoms with Crippen molar-refractivity contribution in [2.75, 3.05) is 0 Å². The Morgan fingerprint density at radius 3 is 2.64 bits per heavy atom. The van der Waals surface area contributed by atoms with E-state index in [0.717, 1.165) is 0 Å². The molecule has 0 aliphatic heterocycles. The van der Waals surface area contributed by atoms with Crippen LogP contribution >= 0.6 is 11.6 Å². The molecule has 0 bridgehead atoms. The molecule has 3 heteroatoms. The summed E-state index contributed by atoms with van der Waals surface area (Å²) in [5, 5.41) is 20.0. The highest BCUT2D eigenvalue weighted by Crippen LogP contribution is 2.28. The Bertz CT molecular complexity index is 336. The number of aliphatic hydroxyl groups is 2. The largest absolute Gasteiger partial charge is 0.390 e. The van der Waals surface area contributed by atoms with Crippen LogP contribution in [-0.2, 0) is 5.60 Å². The molecule has 2 atom stereocenters. The van der Waals surface area contributed by atoms with Gasteiger partial charge in [-0.25, -0.2) is 0 Å². The smallest absolute Gasteiger partial charge is 0.133 e. The van der Waals surface area contributed by atoms with Gasteiger partial charge in [0.15, 0.2) is 0 Å². The zero-order valence-corrected chi connectivity index (χ0v) is 8.70. The molecule has 1 aromatic rings. The zero-order valence-electron chi connectivity index (χ0n) is 7.94. The Morgan fingerprint density at radius 2 is 2.21 bits per heavy atom. The number of aliphatic hydroxyl groups excluding tert-OH is 1. The first-order valence-corrected chi connectivity index (χ1v) is 4.68. The summed E-state index contributed by atoms with van der Waals surface area (Å²) in [4.78, 5) is 0. The van der Waals surface area contributed by atoms with Crippen molar-refractivity contribution in [1.29, 1.82) is 0 Å². The third-order valence-corrected chi connectivity index (χ3v) is 2.47. The molecule has 0 aliphatic carbocycles. The molecule has 0 spiro atoms. The highest BCUT2D eigenvalue weighted by Gasteiger charge is 2.31. The van der Waals surface area contributed by atoms with Gasteiger partial charge in [0.25, 0.3) is 0 Å². The maximum absolute atomic E-state index is 10.1. The lowest BCUT2D eigenvalue weighted by molar-refractivity contribution is -0.0331. The van der Waals surface area contributed by atoms with E-state index < -0.39 is 11.7 Å². The summed E-state index contributed by atoms with van der Waals surface area (Å²) in [7, 11) is 0. The van der Waals surface area contributed by atoms with Crippen LogP contribution in [0.3, 0.4) is 0 Å². The van der Waals surface area contributed by atoms with Crippen LogP contribution in [0.15, 0.2) is 36.9 Å². The van der Waals surface area contributed by atoms with E-state index >= 15 is 0 Å². The van der Waals surface area contributed by atoms with E-state index in [4.69, 9.17) is 11.6 Å². The molecular weight excluding hydrogens is 200 g/mol. The van der Waals surface area contributed by atoms with E-state index in [9.17, 15) is 10.2 Å². The van der Waals surface area contributed by atoms with Gasteiger partial charge in [0.05, 0.1) is 6.10 Å². The highest BCUT2D eigenvalue weighted by atomic mass is 35.5. The van der Waals surface area contributed by atoms with Crippen LogP contribution in [-0.4, -0.2) is 16.3 Å². The maximum Gasteiger partial charge on any atom is 0.133 e. The van der Waals surface area contributed by atoms with Crippen molar-refractivity contribution in [2.45, 2.75) is 18.6 Å². The third-order valence-electron chi connectivity index (χ3n) is 2.24. The van der Waals surface area contributed by atoms with Crippen LogP contribution in [0.25, 0.3) is 0 Å². The second-order valence-electron chi connectivity index (χ2n) is 3.22. The van der Waals surface area contributed by atoms with E-state index in [1.807, 2.05) is 0 Å². The lowest BCUT2D eigenvalue weighted by Crippen LogP contribution is -2.35. The third kappa shape index (κ3) is 1.98. The standard InChI is InChI=1S/C11H13ClO2/c1-3-11(14,8(2)13)9-5-4-6-10(12)7-9/h3-8,13-14H,1H2,2H3/t8-,11-/m1/s1. The molecule has 76 valence electrons. The predicted molar refractivity (Wildman–Crippen MR) is 57.2 cm³/mol.